The van der Waals surface area contributed by atoms with Crippen molar-refractivity contribution >= 4 is 16.4 Å². The van der Waals surface area contributed by atoms with Crippen molar-refractivity contribution in [2.45, 2.75) is 38.7 Å². The average Bonchev–Trinajstić information content (AvgIpc) is 2.18. The summed E-state index contributed by atoms with van der Waals surface area (Å²) in [6.07, 6.45) is 3.76. The van der Waals surface area contributed by atoms with E-state index >= 15 is 0 Å². The van der Waals surface area contributed by atoms with Crippen LogP contribution in [0.15, 0.2) is 0 Å². The summed E-state index contributed by atoms with van der Waals surface area (Å²) in [7, 11) is -3.49. The second-order valence-corrected chi connectivity index (χ2v) is 5.20. The Labute approximate surface area is 97.2 Å². The molecule has 1 atom stereocenters. The van der Waals surface area contributed by atoms with E-state index in [4.69, 9.17) is 8.92 Å². The molecule has 6 heteroatoms. The summed E-state index contributed by atoms with van der Waals surface area (Å²) in [6.45, 7) is 2.84. The number of unbranched alkanes of at least 4 members (excludes halogenated alkanes) is 1. The van der Waals surface area contributed by atoms with Crippen molar-refractivity contribution < 1.29 is 22.1 Å². The molecule has 0 amide bonds. The molecule has 0 heterocycles. The van der Waals surface area contributed by atoms with E-state index in [1.54, 1.807) is 0 Å². The van der Waals surface area contributed by atoms with E-state index in [9.17, 15) is 13.2 Å². The van der Waals surface area contributed by atoms with E-state index in [1.165, 1.54) is 0 Å². The lowest BCUT2D eigenvalue weighted by Crippen LogP contribution is -2.23. The van der Waals surface area contributed by atoms with E-state index in [0.29, 0.717) is 13.0 Å². The maximum absolute atomic E-state index is 10.9. The van der Waals surface area contributed by atoms with Gasteiger partial charge in [-0.05, 0) is 12.8 Å². The lowest BCUT2D eigenvalue weighted by molar-refractivity contribution is -0.108. The number of aldehydes is 1. The van der Waals surface area contributed by atoms with E-state index in [-0.39, 0.29) is 13.0 Å². The molecule has 0 aliphatic carbocycles. The lowest BCUT2D eigenvalue weighted by atomic mass is 10.2. The molecule has 0 aromatic heterocycles. The Kier molecular flexibility index (Phi) is 8.42. The Morgan fingerprint density at radius 3 is 2.56 bits per heavy atom. The molecule has 96 valence electrons. The van der Waals surface area contributed by atoms with Gasteiger partial charge in [0.05, 0.1) is 12.9 Å². The average molecular weight is 252 g/mol. The van der Waals surface area contributed by atoms with Gasteiger partial charge in [0.2, 0.25) is 0 Å². The molecule has 0 radical (unpaired) electrons. The smallest absolute Gasteiger partial charge is 0.264 e. The van der Waals surface area contributed by atoms with Crippen LogP contribution in [0.5, 0.6) is 0 Å². The fraction of sp³-hybridized carbons (Fsp3) is 0.900. The second kappa shape index (κ2) is 8.66. The van der Waals surface area contributed by atoms with E-state index in [0.717, 1.165) is 25.4 Å². The Balaban J connectivity index is 3.95. The third kappa shape index (κ3) is 10.1. The number of carbonyl (C=O) groups excluding carboxylic acids is 1. The highest BCUT2D eigenvalue weighted by Gasteiger charge is 2.15. The Hall–Kier alpha value is -0.460. The molecule has 0 aromatic carbocycles. The highest BCUT2D eigenvalue weighted by molar-refractivity contribution is 7.86. The van der Waals surface area contributed by atoms with Gasteiger partial charge in [-0.25, -0.2) is 0 Å². The van der Waals surface area contributed by atoms with Crippen LogP contribution in [0.3, 0.4) is 0 Å². The van der Waals surface area contributed by atoms with Gasteiger partial charge in [0.25, 0.3) is 10.1 Å². The van der Waals surface area contributed by atoms with Crippen LogP contribution in [0.2, 0.25) is 0 Å². The Morgan fingerprint density at radius 2 is 2.06 bits per heavy atom. The molecule has 0 bridgehead atoms. The first-order valence-corrected chi connectivity index (χ1v) is 7.21. The summed E-state index contributed by atoms with van der Waals surface area (Å²) in [5, 5.41) is 0. The minimum absolute atomic E-state index is 0.209. The molecule has 16 heavy (non-hydrogen) atoms. The van der Waals surface area contributed by atoms with Crippen molar-refractivity contribution in [3.63, 3.8) is 0 Å². The summed E-state index contributed by atoms with van der Waals surface area (Å²) in [6, 6.07) is 0. The summed E-state index contributed by atoms with van der Waals surface area (Å²) in [5.41, 5.74) is 0. The minimum Gasteiger partial charge on any atom is -0.379 e. The summed E-state index contributed by atoms with van der Waals surface area (Å²) < 4.78 is 31.9. The second-order valence-electron chi connectivity index (χ2n) is 3.59. The zero-order chi connectivity index (χ0) is 12.4. The van der Waals surface area contributed by atoms with Crippen LogP contribution in [0.4, 0.5) is 0 Å². The molecule has 0 rings (SSSR count). The summed E-state index contributed by atoms with van der Waals surface area (Å²) >= 11 is 0. The number of hydrogen-bond acceptors (Lipinski definition) is 5. The molecule has 0 fully saturated rings. The molecule has 1 unspecified atom stereocenters. The quantitative estimate of drug-likeness (QED) is 0.331. The van der Waals surface area contributed by atoms with Crippen LogP contribution in [0.1, 0.15) is 32.6 Å². The van der Waals surface area contributed by atoms with Gasteiger partial charge in [0.1, 0.15) is 12.4 Å². The largest absolute Gasteiger partial charge is 0.379 e. The van der Waals surface area contributed by atoms with Gasteiger partial charge in [0.15, 0.2) is 0 Å². The van der Waals surface area contributed by atoms with Gasteiger partial charge >= 0.3 is 0 Å². The van der Waals surface area contributed by atoms with Crippen molar-refractivity contribution in [1.29, 1.82) is 0 Å². The normalized spacial score (nSPS) is 13.6. The van der Waals surface area contributed by atoms with Crippen molar-refractivity contribution in [3.8, 4) is 0 Å². The molecule has 0 N–H and O–H groups in total. The van der Waals surface area contributed by atoms with Crippen LogP contribution >= 0.6 is 0 Å². The van der Waals surface area contributed by atoms with E-state index in [1.807, 2.05) is 6.92 Å². The molecule has 0 aromatic rings. The highest BCUT2D eigenvalue weighted by atomic mass is 32.2. The Morgan fingerprint density at radius 1 is 1.38 bits per heavy atom. The van der Waals surface area contributed by atoms with Gasteiger partial charge in [-0.3, -0.25) is 4.18 Å². The van der Waals surface area contributed by atoms with Gasteiger partial charge in [-0.2, -0.15) is 8.42 Å². The van der Waals surface area contributed by atoms with Crippen LogP contribution < -0.4 is 0 Å². The first-order valence-electron chi connectivity index (χ1n) is 5.39. The van der Waals surface area contributed by atoms with Crippen molar-refractivity contribution in [2.24, 2.45) is 0 Å². The summed E-state index contributed by atoms with van der Waals surface area (Å²) in [4.78, 5) is 10.2. The molecule has 0 saturated heterocycles. The third-order valence-electron chi connectivity index (χ3n) is 1.86. The van der Waals surface area contributed by atoms with Gasteiger partial charge < -0.3 is 9.53 Å². The zero-order valence-electron chi connectivity index (χ0n) is 9.85. The number of carbonyl (C=O) groups is 1. The van der Waals surface area contributed by atoms with Crippen LogP contribution in [-0.2, 0) is 23.8 Å². The standard InChI is InChI=1S/C10H20O5S/c1-3-4-8-14-9-10(6-5-7-11)15-16(2,12)13/h7,10H,3-6,8-9H2,1-2H3. The number of rotatable bonds is 10. The number of hydrogen-bond donors (Lipinski definition) is 0. The molecule has 0 spiro atoms. The van der Waals surface area contributed by atoms with Gasteiger partial charge in [-0.15, -0.1) is 0 Å². The monoisotopic (exact) mass is 252 g/mol. The van der Waals surface area contributed by atoms with Crippen molar-refractivity contribution in [3.05, 3.63) is 0 Å². The predicted octanol–water partition coefficient (Wildman–Crippen LogP) is 1.13. The first-order chi connectivity index (χ1) is 7.49. The maximum Gasteiger partial charge on any atom is 0.264 e. The van der Waals surface area contributed by atoms with E-state index in [2.05, 4.69) is 0 Å². The highest BCUT2D eigenvalue weighted by Crippen LogP contribution is 2.06. The van der Waals surface area contributed by atoms with Crippen LogP contribution in [0, 0.1) is 0 Å². The Bertz CT molecular complexity index is 273. The lowest BCUT2D eigenvalue weighted by Gasteiger charge is -2.15. The summed E-state index contributed by atoms with van der Waals surface area (Å²) in [5.74, 6) is 0. The van der Waals surface area contributed by atoms with Crippen molar-refractivity contribution in [2.75, 3.05) is 19.5 Å². The minimum atomic E-state index is -3.49. The molecular formula is C10H20O5S. The molecule has 0 aliphatic heterocycles. The van der Waals surface area contributed by atoms with Crippen LogP contribution in [0.25, 0.3) is 0 Å². The predicted molar refractivity (Wildman–Crippen MR) is 60.7 cm³/mol. The first kappa shape index (κ1) is 15.5. The van der Waals surface area contributed by atoms with Crippen LogP contribution in [-0.4, -0.2) is 40.3 Å². The molecular weight excluding hydrogens is 232 g/mol. The zero-order valence-corrected chi connectivity index (χ0v) is 10.7. The molecule has 0 saturated carbocycles. The topological polar surface area (TPSA) is 69.7 Å². The molecule has 0 aliphatic rings. The van der Waals surface area contributed by atoms with Crippen molar-refractivity contribution in [1.82, 2.24) is 0 Å². The van der Waals surface area contributed by atoms with Gasteiger partial charge in [0, 0.05) is 13.0 Å². The molecule has 5 nitrogen and oxygen atoms in total. The fourth-order valence-corrected chi connectivity index (χ4v) is 1.77. The fourth-order valence-electron chi connectivity index (χ4n) is 1.12. The SMILES string of the molecule is CCCCOCC(CCC=O)OS(C)(=O)=O. The van der Waals surface area contributed by atoms with E-state index < -0.39 is 16.2 Å². The maximum atomic E-state index is 10.9. The number of ether oxygens (including phenoxy) is 1. The third-order valence-corrected chi connectivity index (χ3v) is 2.49. The van der Waals surface area contributed by atoms with Gasteiger partial charge in [-0.1, -0.05) is 13.3 Å².